The molecule has 24 heavy (non-hydrogen) atoms. The van der Waals surface area contributed by atoms with Gasteiger partial charge in [-0.2, -0.15) is 0 Å². The Balaban J connectivity index is 2.15. The third kappa shape index (κ3) is 2.91. The number of hydrogen-bond donors (Lipinski definition) is 1. The molecule has 5 heteroatoms. The zero-order valence-electron chi connectivity index (χ0n) is 13.3. The maximum absolute atomic E-state index is 13.1. The van der Waals surface area contributed by atoms with Crippen LogP contribution in [0.5, 0.6) is 0 Å². The first-order chi connectivity index (χ1) is 11.5. The fourth-order valence-corrected chi connectivity index (χ4v) is 4.27. The molecule has 0 radical (unpaired) electrons. The Bertz CT molecular complexity index is 954. The van der Waals surface area contributed by atoms with Crippen molar-refractivity contribution in [2.75, 3.05) is 5.01 Å². The number of hydrogen-bond acceptors (Lipinski definition) is 4. The van der Waals surface area contributed by atoms with Gasteiger partial charge in [0.25, 0.3) is 0 Å². The van der Waals surface area contributed by atoms with E-state index in [0.29, 0.717) is 21.8 Å². The molecule has 0 aliphatic heterocycles. The number of anilines is 2. The number of para-hydroxylation sites is 2. The van der Waals surface area contributed by atoms with E-state index in [2.05, 4.69) is 0 Å². The maximum atomic E-state index is 13.1. The first-order valence-electron chi connectivity index (χ1n) is 7.51. The molecule has 0 amide bonds. The molecule has 0 atom stereocenters. The van der Waals surface area contributed by atoms with Crippen molar-refractivity contribution in [1.29, 1.82) is 0 Å². The van der Waals surface area contributed by atoms with Crippen molar-refractivity contribution in [3.8, 4) is 0 Å². The third-order valence-corrected chi connectivity index (χ3v) is 5.79. The van der Waals surface area contributed by atoms with E-state index in [4.69, 9.17) is 5.84 Å². The summed E-state index contributed by atoms with van der Waals surface area (Å²) < 4.78 is 26.3. The molecule has 0 aromatic heterocycles. The molecule has 3 rings (SSSR count). The minimum atomic E-state index is -3.67. The van der Waals surface area contributed by atoms with Gasteiger partial charge in [0.05, 0.1) is 21.2 Å². The highest BCUT2D eigenvalue weighted by atomic mass is 32.2. The maximum Gasteiger partial charge on any atom is 0.208 e. The molecule has 0 saturated carbocycles. The van der Waals surface area contributed by atoms with Gasteiger partial charge in [0.2, 0.25) is 9.84 Å². The highest BCUT2D eigenvalue weighted by Crippen LogP contribution is 2.33. The van der Waals surface area contributed by atoms with Gasteiger partial charge in [-0.3, -0.25) is 5.01 Å². The van der Waals surface area contributed by atoms with Crippen molar-refractivity contribution in [3.63, 3.8) is 0 Å². The predicted molar refractivity (Wildman–Crippen MR) is 95.8 cm³/mol. The van der Waals surface area contributed by atoms with Gasteiger partial charge in [0, 0.05) is 0 Å². The van der Waals surface area contributed by atoms with Crippen molar-refractivity contribution >= 4 is 21.2 Å². The van der Waals surface area contributed by atoms with E-state index in [1.165, 1.54) is 5.01 Å². The van der Waals surface area contributed by atoms with Crippen molar-refractivity contribution in [3.05, 3.63) is 84.4 Å². The number of aryl methyl sites for hydroxylation is 1. The summed E-state index contributed by atoms with van der Waals surface area (Å²) in [7, 11) is -3.67. The second kappa shape index (κ2) is 6.47. The lowest BCUT2D eigenvalue weighted by Crippen LogP contribution is -2.26. The molecular weight excluding hydrogens is 320 g/mol. The van der Waals surface area contributed by atoms with Crippen molar-refractivity contribution < 1.29 is 8.42 Å². The summed E-state index contributed by atoms with van der Waals surface area (Å²) in [6, 6.07) is 23.0. The molecule has 0 fully saturated rings. The van der Waals surface area contributed by atoms with Gasteiger partial charge in [0.1, 0.15) is 0 Å². The van der Waals surface area contributed by atoms with E-state index in [9.17, 15) is 8.42 Å². The third-order valence-electron chi connectivity index (χ3n) is 3.83. The molecule has 122 valence electrons. The fraction of sp³-hybridized carbons (Fsp3) is 0.0526. The lowest BCUT2D eigenvalue weighted by molar-refractivity contribution is 0.595. The summed E-state index contributed by atoms with van der Waals surface area (Å²) in [5.41, 5.74) is 1.85. The Hall–Kier alpha value is -2.63. The van der Waals surface area contributed by atoms with E-state index in [0.717, 1.165) is 0 Å². The van der Waals surface area contributed by atoms with Crippen molar-refractivity contribution in [2.45, 2.75) is 16.7 Å². The number of hydrazine groups is 1. The molecule has 2 N–H and O–H groups in total. The van der Waals surface area contributed by atoms with Gasteiger partial charge in [-0.1, -0.05) is 48.5 Å². The van der Waals surface area contributed by atoms with Crippen LogP contribution < -0.4 is 10.9 Å². The lowest BCUT2D eigenvalue weighted by atomic mass is 10.2. The van der Waals surface area contributed by atoms with Crippen LogP contribution in [0, 0.1) is 6.92 Å². The molecule has 0 bridgehead atoms. The van der Waals surface area contributed by atoms with Gasteiger partial charge in [-0.15, -0.1) is 0 Å². The second-order valence-electron chi connectivity index (χ2n) is 5.44. The number of sulfone groups is 1. The summed E-state index contributed by atoms with van der Waals surface area (Å²) in [5.74, 6) is 6.20. The molecular formula is C19H18N2O2S. The van der Waals surface area contributed by atoms with Gasteiger partial charge in [-0.25, -0.2) is 14.3 Å². The van der Waals surface area contributed by atoms with Gasteiger partial charge < -0.3 is 0 Å². The lowest BCUT2D eigenvalue weighted by Gasteiger charge is -2.22. The summed E-state index contributed by atoms with van der Waals surface area (Å²) in [4.78, 5) is 0.476. The van der Waals surface area contributed by atoms with Gasteiger partial charge in [0.15, 0.2) is 0 Å². The summed E-state index contributed by atoms with van der Waals surface area (Å²) in [6.07, 6.45) is 0. The van der Waals surface area contributed by atoms with Crippen LogP contribution in [0.1, 0.15) is 5.56 Å². The van der Waals surface area contributed by atoms with Gasteiger partial charge >= 0.3 is 0 Å². The summed E-state index contributed by atoms with van der Waals surface area (Å²) >= 11 is 0. The summed E-state index contributed by atoms with van der Waals surface area (Å²) in [6.45, 7) is 1.78. The van der Waals surface area contributed by atoms with E-state index >= 15 is 0 Å². The van der Waals surface area contributed by atoms with E-state index in [1.807, 2.05) is 36.4 Å². The largest absolute Gasteiger partial charge is 0.278 e. The van der Waals surface area contributed by atoms with Crippen LogP contribution in [0.4, 0.5) is 11.4 Å². The van der Waals surface area contributed by atoms with Crippen LogP contribution in [0.2, 0.25) is 0 Å². The van der Waals surface area contributed by atoms with E-state index < -0.39 is 9.84 Å². The average molecular weight is 338 g/mol. The van der Waals surface area contributed by atoms with Crippen LogP contribution in [0.25, 0.3) is 0 Å². The molecule has 4 nitrogen and oxygen atoms in total. The van der Waals surface area contributed by atoms with Crippen LogP contribution in [0.15, 0.2) is 88.7 Å². The van der Waals surface area contributed by atoms with Crippen LogP contribution in [0.3, 0.4) is 0 Å². The Morgan fingerprint density at radius 3 is 1.96 bits per heavy atom. The number of nitrogens with two attached hydrogens (primary N) is 1. The highest BCUT2D eigenvalue weighted by Gasteiger charge is 2.24. The van der Waals surface area contributed by atoms with E-state index in [-0.39, 0.29) is 4.90 Å². The quantitative estimate of drug-likeness (QED) is 0.580. The molecule has 0 aliphatic carbocycles. The minimum absolute atomic E-state index is 0.186. The molecule has 0 spiro atoms. The molecule has 0 unspecified atom stereocenters. The fourth-order valence-electron chi connectivity index (χ4n) is 2.59. The van der Waals surface area contributed by atoms with Crippen molar-refractivity contribution in [2.24, 2.45) is 5.84 Å². The highest BCUT2D eigenvalue weighted by molar-refractivity contribution is 7.91. The molecule has 3 aromatic rings. The first kappa shape index (κ1) is 16.2. The average Bonchev–Trinajstić information content (AvgIpc) is 2.62. The zero-order chi connectivity index (χ0) is 17.2. The van der Waals surface area contributed by atoms with Crippen LogP contribution in [-0.4, -0.2) is 8.42 Å². The Kier molecular flexibility index (Phi) is 4.38. The van der Waals surface area contributed by atoms with Crippen LogP contribution in [-0.2, 0) is 9.84 Å². The molecule has 0 aliphatic rings. The number of nitrogens with zero attached hydrogens (tertiary/aromatic N) is 1. The molecule has 0 heterocycles. The zero-order valence-corrected chi connectivity index (χ0v) is 14.1. The normalized spacial score (nSPS) is 11.2. The number of rotatable bonds is 4. The Morgan fingerprint density at radius 2 is 1.29 bits per heavy atom. The predicted octanol–water partition coefficient (Wildman–Crippen LogP) is 3.84. The topological polar surface area (TPSA) is 63.4 Å². The Morgan fingerprint density at radius 1 is 0.750 bits per heavy atom. The monoisotopic (exact) mass is 338 g/mol. The van der Waals surface area contributed by atoms with E-state index in [1.54, 1.807) is 49.4 Å². The molecule has 0 saturated heterocycles. The molecule has 3 aromatic carbocycles. The first-order valence-corrected chi connectivity index (χ1v) is 9.00. The Labute approximate surface area is 142 Å². The van der Waals surface area contributed by atoms with Crippen LogP contribution >= 0.6 is 0 Å². The minimum Gasteiger partial charge on any atom is -0.278 e. The standard InChI is InChI=1S/C19H18N2O2S/c1-15-9-5-7-13-18(15)24(22,23)19-14-8-6-12-17(19)21(20)16-10-3-2-4-11-16/h2-14H,20H2,1H3. The smallest absolute Gasteiger partial charge is 0.208 e. The number of benzene rings is 3. The van der Waals surface area contributed by atoms with Gasteiger partial charge in [-0.05, 0) is 42.8 Å². The second-order valence-corrected chi connectivity index (χ2v) is 7.33. The van der Waals surface area contributed by atoms with Crippen molar-refractivity contribution in [1.82, 2.24) is 0 Å². The summed E-state index contributed by atoms with van der Waals surface area (Å²) in [5, 5.41) is 1.39. The SMILES string of the molecule is Cc1ccccc1S(=O)(=O)c1ccccc1N(N)c1ccccc1.